The molecule has 27 heavy (non-hydrogen) atoms. The van der Waals surface area contributed by atoms with E-state index < -0.39 is 0 Å². The Hall–Kier alpha value is -2.08. The molecule has 2 N–H and O–H groups in total. The lowest BCUT2D eigenvalue weighted by Crippen LogP contribution is -2.52. The van der Waals surface area contributed by atoms with E-state index in [4.69, 9.17) is 11.6 Å². The van der Waals surface area contributed by atoms with Crippen LogP contribution < -0.4 is 10.6 Å². The molecule has 5 nitrogen and oxygen atoms in total. The molecule has 2 amide bonds. The summed E-state index contributed by atoms with van der Waals surface area (Å²) in [5.74, 6) is 0. The summed E-state index contributed by atoms with van der Waals surface area (Å²) in [7, 11) is 2.15. The SMILES string of the molecule is C[C@@H](NC(=O)Nc1cccc(Cl)c1)[C@@H](c1ccccc1)N1CCN(C)CC1. The maximum Gasteiger partial charge on any atom is 0.319 e. The van der Waals surface area contributed by atoms with Crippen LogP contribution in [0.1, 0.15) is 18.5 Å². The molecule has 0 saturated carbocycles. The predicted molar refractivity (Wildman–Crippen MR) is 111 cm³/mol. The number of urea groups is 1. The van der Waals surface area contributed by atoms with Gasteiger partial charge in [0.1, 0.15) is 0 Å². The Bertz CT molecular complexity index is 747. The quantitative estimate of drug-likeness (QED) is 0.820. The monoisotopic (exact) mass is 386 g/mol. The van der Waals surface area contributed by atoms with E-state index in [0.717, 1.165) is 26.2 Å². The summed E-state index contributed by atoms with van der Waals surface area (Å²) >= 11 is 6.00. The molecule has 144 valence electrons. The fourth-order valence-electron chi connectivity index (χ4n) is 3.59. The van der Waals surface area contributed by atoms with Crippen molar-refractivity contribution in [3.05, 3.63) is 65.2 Å². The lowest BCUT2D eigenvalue weighted by atomic mass is 9.98. The third-order valence-electron chi connectivity index (χ3n) is 4.99. The van der Waals surface area contributed by atoms with Crippen molar-refractivity contribution in [2.45, 2.75) is 19.0 Å². The molecule has 1 aliphatic rings. The minimum absolute atomic E-state index is 0.0463. The number of likely N-dealkylation sites (N-methyl/N-ethyl adjacent to an activating group) is 1. The summed E-state index contributed by atoms with van der Waals surface area (Å²) in [6, 6.07) is 17.4. The van der Waals surface area contributed by atoms with Crippen LogP contribution in [0.15, 0.2) is 54.6 Å². The molecule has 1 heterocycles. The first kappa shape index (κ1) is 19.7. The molecule has 0 unspecified atom stereocenters. The van der Waals surface area contributed by atoms with Gasteiger partial charge in [-0.3, -0.25) is 4.90 Å². The van der Waals surface area contributed by atoms with E-state index in [1.807, 2.05) is 18.2 Å². The first-order valence-electron chi connectivity index (χ1n) is 9.33. The fourth-order valence-corrected chi connectivity index (χ4v) is 3.78. The number of halogens is 1. The zero-order valence-electron chi connectivity index (χ0n) is 15.9. The van der Waals surface area contributed by atoms with Crippen molar-refractivity contribution in [2.75, 3.05) is 38.5 Å². The summed E-state index contributed by atoms with van der Waals surface area (Å²) in [6.45, 7) is 6.10. The third-order valence-corrected chi connectivity index (χ3v) is 5.22. The fraction of sp³-hybridized carbons (Fsp3) is 0.381. The van der Waals surface area contributed by atoms with Gasteiger partial charge in [-0.2, -0.15) is 0 Å². The average molecular weight is 387 g/mol. The Labute approximate surface area is 166 Å². The van der Waals surface area contributed by atoms with E-state index in [0.29, 0.717) is 10.7 Å². The third kappa shape index (κ3) is 5.45. The van der Waals surface area contributed by atoms with Crippen molar-refractivity contribution in [1.29, 1.82) is 0 Å². The van der Waals surface area contributed by atoms with Gasteiger partial charge < -0.3 is 15.5 Å². The largest absolute Gasteiger partial charge is 0.333 e. The Kier molecular flexibility index (Phi) is 6.72. The van der Waals surface area contributed by atoms with Gasteiger partial charge in [0.2, 0.25) is 0 Å². The summed E-state index contributed by atoms with van der Waals surface area (Å²) < 4.78 is 0. The Morgan fingerprint density at radius 2 is 1.74 bits per heavy atom. The number of carbonyl (C=O) groups excluding carboxylic acids is 1. The summed E-state index contributed by atoms with van der Waals surface area (Å²) in [4.78, 5) is 17.3. The number of nitrogens with zero attached hydrogens (tertiary/aromatic N) is 2. The van der Waals surface area contributed by atoms with Gasteiger partial charge in [0.05, 0.1) is 6.04 Å². The standard InChI is InChI=1S/C21H27ClN4O/c1-16(23-21(27)24-19-10-6-9-18(22)15-19)20(17-7-4-3-5-8-17)26-13-11-25(2)12-14-26/h3-10,15-16,20H,11-14H2,1-2H3,(H2,23,24,27)/t16-,20+/m1/s1. The van der Waals surface area contributed by atoms with Gasteiger partial charge in [-0.1, -0.05) is 48.0 Å². The van der Waals surface area contributed by atoms with Crippen LogP contribution in [0, 0.1) is 0 Å². The molecule has 1 aliphatic heterocycles. The molecule has 1 saturated heterocycles. The Balaban J connectivity index is 1.70. The van der Waals surface area contributed by atoms with E-state index in [1.54, 1.807) is 12.1 Å². The molecule has 0 aliphatic carbocycles. The number of anilines is 1. The second kappa shape index (κ2) is 9.22. The molecule has 0 spiro atoms. The first-order valence-corrected chi connectivity index (χ1v) is 9.71. The first-order chi connectivity index (χ1) is 13.0. The van der Waals surface area contributed by atoms with Crippen molar-refractivity contribution in [3.8, 4) is 0 Å². The molecule has 6 heteroatoms. The van der Waals surface area contributed by atoms with Crippen molar-refractivity contribution in [2.24, 2.45) is 0 Å². The zero-order chi connectivity index (χ0) is 19.2. The lowest BCUT2D eigenvalue weighted by molar-refractivity contribution is 0.0954. The van der Waals surface area contributed by atoms with Gasteiger partial charge in [-0.15, -0.1) is 0 Å². The van der Waals surface area contributed by atoms with E-state index in [2.05, 4.69) is 58.7 Å². The zero-order valence-corrected chi connectivity index (χ0v) is 16.6. The number of piperazine rings is 1. The van der Waals surface area contributed by atoms with Crippen molar-refractivity contribution in [3.63, 3.8) is 0 Å². The van der Waals surface area contributed by atoms with Gasteiger partial charge in [0, 0.05) is 42.9 Å². The smallest absolute Gasteiger partial charge is 0.319 e. The Morgan fingerprint density at radius 3 is 2.41 bits per heavy atom. The molecule has 0 bridgehead atoms. The summed E-state index contributed by atoms with van der Waals surface area (Å²) in [6.07, 6.45) is 0. The molecule has 2 atom stereocenters. The van der Waals surface area contributed by atoms with Gasteiger partial charge in [0.15, 0.2) is 0 Å². The molecular formula is C21H27ClN4O. The second-order valence-electron chi connectivity index (χ2n) is 7.09. The summed E-state index contributed by atoms with van der Waals surface area (Å²) in [5.41, 5.74) is 1.90. The predicted octanol–water partition coefficient (Wildman–Crippen LogP) is 3.84. The van der Waals surface area contributed by atoms with Crippen LogP contribution >= 0.6 is 11.6 Å². The number of nitrogens with one attached hydrogen (secondary N) is 2. The molecular weight excluding hydrogens is 360 g/mol. The van der Waals surface area contributed by atoms with E-state index in [9.17, 15) is 4.79 Å². The van der Waals surface area contributed by atoms with Crippen molar-refractivity contribution < 1.29 is 4.79 Å². The van der Waals surface area contributed by atoms with Crippen LogP contribution in [-0.2, 0) is 0 Å². The number of benzene rings is 2. The number of carbonyl (C=O) groups is 1. The molecule has 2 aromatic rings. The van der Waals surface area contributed by atoms with Gasteiger partial charge >= 0.3 is 6.03 Å². The molecule has 1 fully saturated rings. The van der Waals surface area contributed by atoms with E-state index >= 15 is 0 Å². The van der Waals surface area contributed by atoms with Crippen molar-refractivity contribution >= 4 is 23.3 Å². The highest BCUT2D eigenvalue weighted by Gasteiger charge is 2.29. The number of rotatable bonds is 5. The van der Waals surface area contributed by atoms with Crippen LogP contribution in [0.2, 0.25) is 5.02 Å². The van der Waals surface area contributed by atoms with Crippen LogP contribution in [-0.4, -0.2) is 55.1 Å². The van der Waals surface area contributed by atoms with Crippen molar-refractivity contribution in [1.82, 2.24) is 15.1 Å². The molecule has 3 rings (SSSR count). The highest BCUT2D eigenvalue weighted by molar-refractivity contribution is 6.30. The van der Waals surface area contributed by atoms with E-state index in [1.165, 1.54) is 5.56 Å². The average Bonchev–Trinajstić information content (AvgIpc) is 2.64. The van der Waals surface area contributed by atoms with E-state index in [-0.39, 0.29) is 18.1 Å². The van der Waals surface area contributed by atoms with Crippen LogP contribution in [0.4, 0.5) is 10.5 Å². The maximum absolute atomic E-state index is 12.5. The van der Waals surface area contributed by atoms with Crippen LogP contribution in [0.5, 0.6) is 0 Å². The maximum atomic E-state index is 12.5. The van der Waals surface area contributed by atoms with Gasteiger partial charge in [-0.05, 0) is 37.7 Å². The van der Waals surface area contributed by atoms with Crippen LogP contribution in [0.3, 0.4) is 0 Å². The minimum atomic E-state index is -0.222. The van der Waals surface area contributed by atoms with Gasteiger partial charge in [0.25, 0.3) is 0 Å². The topological polar surface area (TPSA) is 47.6 Å². The number of hydrogen-bond acceptors (Lipinski definition) is 3. The minimum Gasteiger partial charge on any atom is -0.333 e. The molecule has 0 aromatic heterocycles. The number of hydrogen-bond donors (Lipinski definition) is 2. The number of amides is 2. The Morgan fingerprint density at radius 1 is 1.04 bits per heavy atom. The lowest BCUT2D eigenvalue weighted by Gasteiger charge is -2.41. The van der Waals surface area contributed by atoms with Gasteiger partial charge in [-0.25, -0.2) is 4.79 Å². The molecule has 0 radical (unpaired) electrons. The molecule has 2 aromatic carbocycles. The summed E-state index contributed by atoms with van der Waals surface area (Å²) in [5, 5.41) is 6.57. The normalized spacial score (nSPS) is 17.9. The highest BCUT2D eigenvalue weighted by atomic mass is 35.5. The second-order valence-corrected chi connectivity index (χ2v) is 7.53. The van der Waals surface area contributed by atoms with Crippen LogP contribution in [0.25, 0.3) is 0 Å². The highest BCUT2D eigenvalue weighted by Crippen LogP contribution is 2.25.